The summed E-state index contributed by atoms with van der Waals surface area (Å²) in [6.07, 6.45) is 0. The molecule has 0 spiro atoms. The Morgan fingerprint density at radius 2 is 1.75 bits per heavy atom. The van der Waals surface area contributed by atoms with Crippen molar-refractivity contribution in [2.24, 2.45) is 0 Å². The summed E-state index contributed by atoms with van der Waals surface area (Å²) in [5.74, 6) is 0.846. The van der Waals surface area contributed by atoms with Crippen molar-refractivity contribution in [1.82, 2.24) is 0 Å². The molecule has 0 bridgehead atoms. The van der Waals surface area contributed by atoms with Crippen LogP contribution in [0.1, 0.15) is 43.0 Å². The molecule has 1 aromatic carbocycles. The average Bonchev–Trinajstić information content (AvgIpc) is 2.10. The molecule has 3 heteroatoms. The maximum absolute atomic E-state index is 10.1. The van der Waals surface area contributed by atoms with E-state index in [0.717, 1.165) is 22.3 Å². The molecule has 1 aromatic rings. The molecule has 0 amide bonds. The molecule has 0 saturated carbocycles. The molecular weight excluding hydrogens is 231 g/mol. The van der Waals surface area contributed by atoms with Gasteiger partial charge >= 0.3 is 29.6 Å². The van der Waals surface area contributed by atoms with Gasteiger partial charge in [0.2, 0.25) is 0 Å². The van der Waals surface area contributed by atoms with Crippen LogP contribution in [0.15, 0.2) is 6.07 Å². The van der Waals surface area contributed by atoms with Crippen LogP contribution in [0.25, 0.3) is 0 Å². The summed E-state index contributed by atoms with van der Waals surface area (Å²) in [4.78, 5) is 0. The second-order valence-corrected chi connectivity index (χ2v) is 5.34. The van der Waals surface area contributed by atoms with Crippen molar-refractivity contribution in [3.63, 3.8) is 0 Å². The zero-order chi connectivity index (χ0) is 11.8. The number of aromatic hydroxyl groups is 1. The van der Waals surface area contributed by atoms with Crippen LogP contribution in [-0.2, 0) is 11.3 Å². The van der Waals surface area contributed by atoms with Gasteiger partial charge in [0, 0.05) is 5.88 Å². The SMILES string of the molecule is Cc1cc(C(C)(C)C)c(O)c(C)c1CCl.[NaH]. The number of rotatable bonds is 1. The van der Waals surface area contributed by atoms with Crippen molar-refractivity contribution >= 4 is 41.2 Å². The summed E-state index contributed by atoms with van der Waals surface area (Å²) < 4.78 is 0. The van der Waals surface area contributed by atoms with Crippen molar-refractivity contribution in [3.8, 4) is 5.75 Å². The molecule has 0 aliphatic rings. The zero-order valence-corrected chi connectivity index (χ0v) is 10.9. The molecule has 0 saturated heterocycles. The molecule has 86 valence electrons. The van der Waals surface area contributed by atoms with Gasteiger partial charge in [-0.2, -0.15) is 0 Å². The van der Waals surface area contributed by atoms with Crippen LogP contribution in [0.4, 0.5) is 0 Å². The number of benzene rings is 1. The molecule has 0 atom stereocenters. The van der Waals surface area contributed by atoms with E-state index in [2.05, 4.69) is 20.8 Å². The van der Waals surface area contributed by atoms with E-state index in [0.29, 0.717) is 11.6 Å². The molecule has 1 nitrogen and oxygen atoms in total. The van der Waals surface area contributed by atoms with Crippen LogP contribution >= 0.6 is 11.6 Å². The Kier molecular flexibility index (Phi) is 5.88. The minimum absolute atomic E-state index is 0. The van der Waals surface area contributed by atoms with Crippen LogP contribution in [-0.4, -0.2) is 34.7 Å². The van der Waals surface area contributed by atoms with Crippen LogP contribution in [0, 0.1) is 13.8 Å². The summed E-state index contributed by atoms with van der Waals surface area (Å²) >= 11 is 5.86. The molecule has 16 heavy (non-hydrogen) atoms. The van der Waals surface area contributed by atoms with Crippen LogP contribution in [0.2, 0.25) is 0 Å². The van der Waals surface area contributed by atoms with Crippen LogP contribution in [0.5, 0.6) is 5.75 Å². The van der Waals surface area contributed by atoms with E-state index in [9.17, 15) is 5.11 Å². The van der Waals surface area contributed by atoms with E-state index < -0.39 is 0 Å². The van der Waals surface area contributed by atoms with Gasteiger partial charge in [-0.25, -0.2) is 0 Å². The van der Waals surface area contributed by atoms with Gasteiger partial charge in [-0.05, 0) is 41.5 Å². The van der Waals surface area contributed by atoms with Crippen molar-refractivity contribution in [2.75, 3.05) is 0 Å². The second kappa shape index (κ2) is 5.77. The molecule has 1 N–H and O–H groups in total. The average molecular weight is 251 g/mol. The standard InChI is InChI=1S/C13H19ClO.Na.H/c1-8-6-11(13(3,4)5)12(15)9(2)10(8)7-14;;/h6,15H,7H2,1-5H3;;. The Morgan fingerprint density at radius 3 is 2.12 bits per heavy atom. The first kappa shape index (κ1) is 16.3. The van der Waals surface area contributed by atoms with Gasteiger partial charge in [-0.15, -0.1) is 11.6 Å². The molecule has 0 aliphatic carbocycles. The van der Waals surface area contributed by atoms with Gasteiger partial charge in [0.05, 0.1) is 0 Å². The van der Waals surface area contributed by atoms with Gasteiger partial charge in [0.1, 0.15) is 5.75 Å². The van der Waals surface area contributed by atoms with Gasteiger partial charge in [0.25, 0.3) is 0 Å². The quantitative estimate of drug-likeness (QED) is 0.598. The predicted molar refractivity (Wildman–Crippen MR) is 73.0 cm³/mol. The van der Waals surface area contributed by atoms with Crippen molar-refractivity contribution in [1.29, 1.82) is 0 Å². The second-order valence-electron chi connectivity index (χ2n) is 5.08. The molecule has 0 aliphatic heterocycles. The Morgan fingerprint density at radius 1 is 1.25 bits per heavy atom. The van der Waals surface area contributed by atoms with Gasteiger partial charge in [-0.3, -0.25) is 0 Å². The van der Waals surface area contributed by atoms with Crippen molar-refractivity contribution in [2.45, 2.75) is 45.9 Å². The van der Waals surface area contributed by atoms with Gasteiger partial charge in [-0.1, -0.05) is 26.8 Å². The first-order valence-corrected chi connectivity index (χ1v) is 5.71. The third kappa shape index (κ3) is 3.16. The van der Waals surface area contributed by atoms with Crippen molar-refractivity contribution in [3.05, 3.63) is 28.3 Å². The van der Waals surface area contributed by atoms with Gasteiger partial charge < -0.3 is 5.11 Å². The number of hydrogen-bond acceptors (Lipinski definition) is 1. The number of halogens is 1. The van der Waals surface area contributed by atoms with Crippen LogP contribution < -0.4 is 0 Å². The van der Waals surface area contributed by atoms with E-state index >= 15 is 0 Å². The Balaban J connectivity index is 0.00000225. The molecule has 0 aromatic heterocycles. The van der Waals surface area contributed by atoms with Crippen molar-refractivity contribution < 1.29 is 5.11 Å². The van der Waals surface area contributed by atoms with E-state index in [4.69, 9.17) is 11.6 Å². The molecular formula is C13H20ClNaO. The summed E-state index contributed by atoms with van der Waals surface area (Å²) in [7, 11) is 0. The summed E-state index contributed by atoms with van der Waals surface area (Å²) in [6.45, 7) is 10.3. The first-order valence-electron chi connectivity index (χ1n) is 5.17. The fraction of sp³-hybridized carbons (Fsp3) is 0.538. The summed E-state index contributed by atoms with van der Waals surface area (Å²) in [5.41, 5.74) is 4.07. The van der Waals surface area contributed by atoms with E-state index in [-0.39, 0.29) is 35.0 Å². The molecule has 0 fully saturated rings. The van der Waals surface area contributed by atoms with Crippen LogP contribution in [0.3, 0.4) is 0 Å². The summed E-state index contributed by atoms with van der Waals surface area (Å²) in [5, 5.41) is 10.1. The minimum atomic E-state index is -0.0373. The maximum atomic E-state index is 10.1. The number of alkyl halides is 1. The molecule has 0 unspecified atom stereocenters. The predicted octanol–water partition coefficient (Wildman–Crippen LogP) is 3.40. The fourth-order valence-electron chi connectivity index (χ4n) is 1.79. The summed E-state index contributed by atoms with van der Waals surface area (Å²) in [6, 6.07) is 2.04. The third-order valence-corrected chi connectivity index (χ3v) is 3.11. The molecule has 0 heterocycles. The van der Waals surface area contributed by atoms with E-state index in [1.807, 2.05) is 19.9 Å². The Hall–Kier alpha value is 0.310. The normalized spacial score (nSPS) is 11.1. The zero-order valence-electron chi connectivity index (χ0n) is 10.1. The Bertz CT molecular complexity index is 380. The number of phenolic OH excluding ortho intramolecular Hbond substituents is 1. The third-order valence-electron chi connectivity index (χ3n) is 2.84. The van der Waals surface area contributed by atoms with Gasteiger partial charge in [0.15, 0.2) is 0 Å². The number of aryl methyl sites for hydroxylation is 1. The fourth-order valence-corrected chi connectivity index (χ4v) is 2.20. The monoisotopic (exact) mass is 250 g/mol. The first-order chi connectivity index (χ1) is 6.79. The Labute approximate surface area is 125 Å². The van der Waals surface area contributed by atoms with E-state index in [1.54, 1.807) is 0 Å². The molecule has 0 radical (unpaired) electrons. The number of phenols is 1. The number of hydrogen-bond donors (Lipinski definition) is 1. The van der Waals surface area contributed by atoms with E-state index in [1.165, 1.54) is 0 Å². The topological polar surface area (TPSA) is 20.2 Å². The molecule has 1 rings (SSSR count).